The highest BCUT2D eigenvalue weighted by molar-refractivity contribution is 6.31. The lowest BCUT2D eigenvalue weighted by Crippen LogP contribution is -2.19. The lowest BCUT2D eigenvalue weighted by atomic mass is 10.2. The number of hydrogen-bond donors (Lipinski definition) is 2. The van der Waals surface area contributed by atoms with Crippen LogP contribution in [-0.2, 0) is 6.18 Å². The molecule has 23 heavy (non-hydrogen) atoms. The molecular formula is C15H9ClF3N3O. The van der Waals surface area contributed by atoms with Gasteiger partial charge in [0.1, 0.15) is 0 Å². The van der Waals surface area contributed by atoms with Gasteiger partial charge in [0.2, 0.25) is 0 Å². The molecule has 0 aromatic heterocycles. The van der Waals surface area contributed by atoms with Crippen LogP contribution in [0.1, 0.15) is 11.1 Å². The van der Waals surface area contributed by atoms with Crippen molar-refractivity contribution in [3.63, 3.8) is 0 Å². The molecule has 0 spiro atoms. The molecule has 0 atom stereocenters. The minimum atomic E-state index is -4.61. The number of amides is 2. The smallest absolute Gasteiger partial charge is 0.308 e. The van der Waals surface area contributed by atoms with Crippen LogP contribution in [0.4, 0.5) is 29.3 Å². The molecule has 8 heteroatoms. The third-order valence-corrected chi connectivity index (χ3v) is 3.13. The quantitative estimate of drug-likeness (QED) is 0.819. The van der Waals surface area contributed by atoms with Gasteiger partial charge < -0.3 is 10.6 Å². The van der Waals surface area contributed by atoms with Crippen LogP contribution in [0.25, 0.3) is 0 Å². The molecule has 0 radical (unpaired) electrons. The van der Waals surface area contributed by atoms with Crippen LogP contribution >= 0.6 is 11.6 Å². The van der Waals surface area contributed by atoms with Crippen molar-refractivity contribution in [2.45, 2.75) is 6.18 Å². The Morgan fingerprint density at radius 1 is 1.04 bits per heavy atom. The van der Waals surface area contributed by atoms with Crippen molar-refractivity contribution in [3.05, 3.63) is 58.6 Å². The maximum Gasteiger partial charge on any atom is 0.417 e. The molecule has 2 N–H and O–H groups in total. The van der Waals surface area contributed by atoms with Gasteiger partial charge in [-0.05, 0) is 42.5 Å². The van der Waals surface area contributed by atoms with Crippen LogP contribution in [0.15, 0.2) is 42.5 Å². The van der Waals surface area contributed by atoms with Crippen molar-refractivity contribution >= 4 is 29.0 Å². The van der Waals surface area contributed by atoms with E-state index in [-0.39, 0.29) is 5.69 Å². The number of nitrogens with zero attached hydrogens (tertiary/aromatic N) is 1. The van der Waals surface area contributed by atoms with Crippen molar-refractivity contribution in [1.82, 2.24) is 0 Å². The van der Waals surface area contributed by atoms with E-state index in [1.165, 1.54) is 30.3 Å². The van der Waals surface area contributed by atoms with E-state index in [9.17, 15) is 18.0 Å². The fraction of sp³-hybridized carbons (Fsp3) is 0.0667. The van der Waals surface area contributed by atoms with Gasteiger partial charge in [-0.15, -0.1) is 0 Å². The topological polar surface area (TPSA) is 64.9 Å². The fourth-order valence-electron chi connectivity index (χ4n) is 1.74. The fourth-order valence-corrected chi connectivity index (χ4v) is 1.97. The van der Waals surface area contributed by atoms with Gasteiger partial charge in [0.05, 0.1) is 22.2 Å². The monoisotopic (exact) mass is 339 g/mol. The van der Waals surface area contributed by atoms with Crippen molar-refractivity contribution in [2.75, 3.05) is 10.6 Å². The summed E-state index contributed by atoms with van der Waals surface area (Å²) in [5.41, 5.74) is -0.266. The summed E-state index contributed by atoms with van der Waals surface area (Å²) in [6.45, 7) is 0. The Kier molecular flexibility index (Phi) is 4.77. The van der Waals surface area contributed by atoms with Crippen LogP contribution < -0.4 is 10.6 Å². The first kappa shape index (κ1) is 16.6. The summed E-state index contributed by atoms with van der Waals surface area (Å²) in [7, 11) is 0. The Morgan fingerprint density at radius 2 is 1.61 bits per heavy atom. The molecule has 4 nitrogen and oxygen atoms in total. The summed E-state index contributed by atoms with van der Waals surface area (Å²) in [5, 5.41) is 12.9. The molecule has 0 saturated carbocycles. The number of alkyl halides is 3. The minimum Gasteiger partial charge on any atom is -0.308 e. The standard InChI is InChI=1S/C15H9ClF3N3O/c16-13-6-5-11(7-12(13)15(17,18)19)22-14(23)21-10-3-1-9(8-20)2-4-10/h1-7H,(H2,21,22,23). The average molecular weight is 340 g/mol. The van der Waals surface area contributed by atoms with Crippen LogP contribution in [0.3, 0.4) is 0 Å². The van der Waals surface area contributed by atoms with E-state index in [0.29, 0.717) is 11.3 Å². The number of nitriles is 1. The molecule has 0 aliphatic rings. The summed E-state index contributed by atoms with van der Waals surface area (Å²) in [6.07, 6.45) is -4.61. The predicted molar refractivity (Wildman–Crippen MR) is 80.3 cm³/mol. The van der Waals surface area contributed by atoms with Gasteiger partial charge in [0.15, 0.2) is 0 Å². The Hall–Kier alpha value is -2.72. The number of nitrogens with one attached hydrogen (secondary N) is 2. The summed E-state index contributed by atoms with van der Waals surface area (Å²) < 4.78 is 38.2. The van der Waals surface area contributed by atoms with E-state index < -0.39 is 22.8 Å². The Bertz CT molecular complexity index is 767. The molecule has 0 unspecified atom stereocenters. The Balaban J connectivity index is 2.09. The summed E-state index contributed by atoms with van der Waals surface area (Å²) in [4.78, 5) is 11.8. The van der Waals surface area contributed by atoms with E-state index in [0.717, 1.165) is 12.1 Å². The third-order valence-electron chi connectivity index (χ3n) is 2.80. The van der Waals surface area contributed by atoms with Gasteiger partial charge >= 0.3 is 12.2 Å². The highest BCUT2D eigenvalue weighted by Gasteiger charge is 2.33. The molecular weight excluding hydrogens is 331 g/mol. The lowest BCUT2D eigenvalue weighted by Gasteiger charge is -2.12. The first-order valence-electron chi connectivity index (χ1n) is 6.24. The van der Waals surface area contributed by atoms with Crippen LogP contribution in [-0.4, -0.2) is 6.03 Å². The first-order chi connectivity index (χ1) is 10.8. The third kappa shape index (κ3) is 4.37. The number of benzene rings is 2. The number of urea groups is 1. The van der Waals surface area contributed by atoms with Crippen molar-refractivity contribution < 1.29 is 18.0 Å². The molecule has 2 amide bonds. The summed E-state index contributed by atoms with van der Waals surface area (Å²) in [5.74, 6) is 0. The first-order valence-corrected chi connectivity index (χ1v) is 6.62. The highest BCUT2D eigenvalue weighted by Crippen LogP contribution is 2.36. The van der Waals surface area contributed by atoms with Gasteiger partial charge in [-0.3, -0.25) is 0 Å². The number of hydrogen-bond acceptors (Lipinski definition) is 2. The zero-order valence-corrected chi connectivity index (χ0v) is 12.2. The van der Waals surface area contributed by atoms with E-state index in [2.05, 4.69) is 10.6 Å². The van der Waals surface area contributed by atoms with Gasteiger partial charge in [-0.1, -0.05) is 11.6 Å². The van der Waals surface area contributed by atoms with E-state index in [1.54, 1.807) is 0 Å². The van der Waals surface area contributed by atoms with Crippen LogP contribution in [0.2, 0.25) is 5.02 Å². The molecule has 2 aromatic carbocycles. The molecule has 2 aromatic rings. The number of rotatable bonds is 2. The highest BCUT2D eigenvalue weighted by atomic mass is 35.5. The van der Waals surface area contributed by atoms with Gasteiger partial charge in [0, 0.05) is 11.4 Å². The molecule has 2 rings (SSSR count). The SMILES string of the molecule is N#Cc1ccc(NC(=O)Nc2ccc(Cl)c(C(F)(F)F)c2)cc1. The average Bonchev–Trinajstić information content (AvgIpc) is 2.49. The second-order valence-electron chi connectivity index (χ2n) is 4.46. The van der Waals surface area contributed by atoms with Crippen molar-refractivity contribution in [2.24, 2.45) is 0 Å². The zero-order chi connectivity index (χ0) is 17.0. The van der Waals surface area contributed by atoms with E-state index in [4.69, 9.17) is 16.9 Å². The van der Waals surface area contributed by atoms with Gasteiger partial charge in [0.25, 0.3) is 0 Å². The van der Waals surface area contributed by atoms with Crippen molar-refractivity contribution in [3.8, 4) is 6.07 Å². The van der Waals surface area contributed by atoms with Gasteiger partial charge in [-0.2, -0.15) is 18.4 Å². The largest absolute Gasteiger partial charge is 0.417 e. The van der Waals surface area contributed by atoms with E-state index in [1.807, 2.05) is 6.07 Å². The van der Waals surface area contributed by atoms with Crippen LogP contribution in [0, 0.1) is 11.3 Å². The van der Waals surface area contributed by atoms with E-state index >= 15 is 0 Å². The minimum absolute atomic E-state index is 0.0483. The number of carbonyl (C=O) groups excluding carboxylic acids is 1. The maximum absolute atomic E-state index is 12.7. The van der Waals surface area contributed by atoms with Crippen molar-refractivity contribution in [1.29, 1.82) is 5.26 Å². The maximum atomic E-state index is 12.7. The molecule has 0 fully saturated rings. The molecule has 0 bridgehead atoms. The molecule has 0 aliphatic carbocycles. The molecule has 0 aliphatic heterocycles. The normalized spacial score (nSPS) is 10.7. The van der Waals surface area contributed by atoms with Crippen LogP contribution in [0.5, 0.6) is 0 Å². The Labute approximate surface area is 134 Å². The number of anilines is 2. The molecule has 118 valence electrons. The second kappa shape index (κ2) is 6.58. The summed E-state index contributed by atoms with van der Waals surface area (Å²) >= 11 is 5.50. The van der Waals surface area contributed by atoms with Gasteiger partial charge in [-0.25, -0.2) is 4.79 Å². The number of halogens is 4. The molecule has 0 saturated heterocycles. The Morgan fingerprint density at radius 3 is 2.17 bits per heavy atom. The second-order valence-corrected chi connectivity index (χ2v) is 4.87. The predicted octanol–water partition coefficient (Wildman–Crippen LogP) is 4.87. The zero-order valence-electron chi connectivity index (χ0n) is 11.4. The summed E-state index contributed by atoms with van der Waals surface area (Å²) in [6, 6.07) is 10.3. The molecule has 0 heterocycles. The number of carbonyl (C=O) groups is 1. The lowest BCUT2D eigenvalue weighted by molar-refractivity contribution is -0.137.